The molecule has 4 aromatic heterocycles. The molecule has 0 aliphatic rings. The fourth-order valence-corrected chi connectivity index (χ4v) is 8.73. The van der Waals surface area contributed by atoms with Crippen molar-refractivity contribution in [2.45, 2.75) is 0 Å². The Hall–Kier alpha value is -7.70. The lowest BCUT2D eigenvalue weighted by Gasteiger charge is -2.11. The zero-order valence-electron chi connectivity index (χ0n) is 29.7. The summed E-state index contributed by atoms with van der Waals surface area (Å²) in [5.41, 5.74) is 9.43. The monoisotopic (exact) mass is 720 g/mol. The summed E-state index contributed by atoms with van der Waals surface area (Å²) in [7, 11) is 0. The van der Waals surface area contributed by atoms with E-state index in [9.17, 15) is 9.59 Å². The van der Waals surface area contributed by atoms with Crippen molar-refractivity contribution in [3.8, 4) is 22.5 Å². The molecular weight excluding hydrogens is 693 g/mol. The molecule has 262 valence electrons. The molecule has 0 bridgehead atoms. The summed E-state index contributed by atoms with van der Waals surface area (Å²) >= 11 is 0. The molecule has 6 heteroatoms. The van der Waals surface area contributed by atoms with Crippen LogP contribution in [0.4, 0.5) is 0 Å². The van der Waals surface area contributed by atoms with Crippen molar-refractivity contribution in [3.63, 3.8) is 0 Å². The molecule has 0 aliphatic heterocycles. The van der Waals surface area contributed by atoms with Crippen LogP contribution >= 0.6 is 0 Å². The second-order valence-electron chi connectivity index (χ2n) is 14.4. The highest BCUT2D eigenvalue weighted by Gasteiger charge is 2.17. The molecule has 0 saturated heterocycles. The van der Waals surface area contributed by atoms with Gasteiger partial charge in [-0.3, -0.25) is 9.59 Å². The van der Waals surface area contributed by atoms with E-state index in [0.29, 0.717) is 43.9 Å². The molecule has 0 unspecified atom stereocenters. The second kappa shape index (κ2) is 11.4. The lowest BCUT2D eigenvalue weighted by molar-refractivity contribution is 0.659. The van der Waals surface area contributed by atoms with Crippen LogP contribution in [0.15, 0.2) is 188 Å². The molecule has 12 aromatic rings. The van der Waals surface area contributed by atoms with E-state index < -0.39 is 0 Å². The minimum Gasteiger partial charge on any atom is -0.456 e. The van der Waals surface area contributed by atoms with Crippen molar-refractivity contribution in [1.82, 2.24) is 9.13 Å². The number of aromatic nitrogens is 2. The zero-order valence-corrected chi connectivity index (χ0v) is 29.7. The van der Waals surface area contributed by atoms with E-state index in [2.05, 4.69) is 57.7 Å². The summed E-state index contributed by atoms with van der Waals surface area (Å²) in [6.45, 7) is 0. The van der Waals surface area contributed by atoms with Crippen LogP contribution < -0.4 is 10.9 Å². The molecule has 4 heterocycles. The summed E-state index contributed by atoms with van der Waals surface area (Å²) in [6.07, 6.45) is 0. The number of para-hydroxylation sites is 4. The number of nitrogens with zero attached hydrogens (tertiary/aromatic N) is 2. The Kier molecular flexibility index (Phi) is 6.26. The third-order valence-electron chi connectivity index (χ3n) is 11.3. The Morgan fingerprint density at radius 2 is 0.607 bits per heavy atom. The van der Waals surface area contributed by atoms with Crippen LogP contribution in [-0.4, -0.2) is 9.13 Å². The van der Waals surface area contributed by atoms with Gasteiger partial charge in [-0.1, -0.05) is 84.9 Å². The first-order chi connectivity index (χ1) is 27.6. The molecule has 0 amide bonds. The number of benzene rings is 8. The van der Waals surface area contributed by atoms with Gasteiger partial charge in [-0.05, 0) is 96.1 Å². The Morgan fingerprint density at radius 1 is 0.304 bits per heavy atom. The smallest absolute Gasteiger partial charge is 0.200 e. The standard InChI is InChI=1S/C50H28N2O4/c53-49-37-25-29(17-21-45(37)55-47-23-19-31(27-39(47)49)51-41-13-5-1-9-33(41)34-10-2-6-14-42(34)51)30-18-22-46-38(26-30)50(54)40-28-32(20-24-48(40)56-46)52-43-15-7-3-11-35(43)36-12-4-8-16-44(36)52/h1-28H. The van der Waals surface area contributed by atoms with Gasteiger partial charge >= 0.3 is 0 Å². The van der Waals surface area contributed by atoms with Gasteiger partial charge in [0.15, 0.2) is 0 Å². The summed E-state index contributed by atoms with van der Waals surface area (Å²) in [5, 5.41) is 6.54. The Morgan fingerprint density at radius 3 is 0.964 bits per heavy atom. The van der Waals surface area contributed by atoms with E-state index in [1.54, 1.807) is 0 Å². The van der Waals surface area contributed by atoms with Gasteiger partial charge in [-0.25, -0.2) is 0 Å². The number of hydrogen-bond acceptors (Lipinski definition) is 4. The predicted octanol–water partition coefficient (Wildman–Crippen LogP) is 12.1. The molecular formula is C50H28N2O4. The topological polar surface area (TPSA) is 70.3 Å². The zero-order chi connectivity index (χ0) is 37.1. The van der Waals surface area contributed by atoms with E-state index in [-0.39, 0.29) is 10.9 Å². The molecule has 12 rings (SSSR count). The van der Waals surface area contributed by atoms with Gasteiger partial charge in [0.05, 0.1) is 43.6 Å². The lowest BCUT2D eigenvalue weighted by Crippen LogP contribution is -2.05. The van der Waals surface area contributed by atoms with E-state index >= 15 is 0 Å². The maximum absolute atomic E-state index is 14.3. The predicted molar refractivity (Wildman–Crippen MR) is 228 cm³/mol. The van der Waals surface area contributed by atoms with Crippen molar-refractivity contribution in [1.29, 1.82) is 0 Å². The molecule has 0 aliphatic carbocycles. The van der Waals surface area contributed by atoms with Crippen molar-refractivity contribution in [2.75, 3.05) is 0 Å². The Balaban J connectivity index is 0.995. The maximum Gasteiger partial charge on any atom is 0.200 e. The molecule has 0 atom stereocenters. The molecule has 0 N–H and O–H groups in total. The van der Waals surface area contributed by atoms with E-state index in [1.165, 1.54) is 0 Å². The van der Waals surface area contributed by atoms with Gasteiger partial charge in [0.25, 0.3) is 0 Å². The van der Waals surface area contributed by atoms with Crippen LogP contribution in [0.1, 0.15) is 0 Å². The van der Waals surface area contributed by atoms with Crippen molar-refractivity contribution in [3.05, 3.63) is 190 Å². The van der Waals surface area contributed by atoms with Crippen molar-refractivity contribution < 1.29 is 8.83 Å². The highest BCUT2D eigenvalue weighted by Crippen LogP contribution is 2.35. The first-order valence-electron chi connectivity index (χ1n) is 18.6. The third kappa shape index (κ3) is 4.32. The van der Waals surface area contributed by atoms with Gasteiger partial charge in [0.2, 0.25) is 10.9 Å². The highest BCUT2D eigenvalue weighted by molar-refractivity contribution is 6.10. The minimum atomic E-state index is -0.116. The fourth-order valence-electron chi connectivity index (χ4n) is 8.73. The van der Waals surface area contributed by atoms with Gasteiger partial charge in [-0.2, -0.15) is 0 Å². The van der Waals surface area contributed by atoms with Crippen LogP contribution in [0.5, 0.6) is 0 Å². The normalized spacial score (nSPS) is 12.1. The van der Waals surface area contributed by atoms with Gasteiger partial charge < -0.3 is 18.0 Å². The van der Waals surface area contributed by atoms with Crippen molar-refractivity contribution >= 4 is 87.5 Å². The summed E-state index contributed by atoms with van der Waals surface area (Å²) in [5.74, 6) is 0. The lowest BCUT2D eigenvalue weighted by atomic mass is 10.0. The van der Waals surface area contributed by atoms with Crippen LogP contribution in [-0.2, 0) is 0 Å². The van der Waals surface area contributed by atoms with Crippen LogP contribution in [0.3, 0.4) is 0 Å². The molecule has 0 fully saturated rings. The quantitative estimate of drug-likeness (QED) is 0.170. The Labute approximate surface area is 317 Å². The van der Waals surface area contributed by atoms with Crippen LogP contribution in [0, 0.1) is 0 Å². The number of fused-ring (bicyclic) bond motifs is 10. The minimum absolute atomic E-state index is 0.116. The first kappa shape index (κ1) is 30.7. The molecule has 8 aromatic carbocycles. The first-order valence-corrected chi connectivity index (χ1v) is 18.6. The highest BCUT2D eigenvalue weighted by atomic mass is 16.3. The van der Waals surface area contributed by atoms with Gasteiger partial charge in [0.1, 0.15) is 22.3 Å². The fraction of sp³-hybridized carbons (Fsp3) is 0. The van der Waals surface area contributed by atoms with Crippen molar-refractivity contribution in [2.24, 2.45) is 0 Å². The van der Waals surface area contributed by atoms with E-state index in [0.717, 1.165) is 66.1 Å². The summed E-state index contributed by atoms with van der Waals surface area (Å²) in [6, 6.07) is 56.1. The molecule has 6 nitrogen and oxygen atoms in total. The number of rotatable bonds is 3. The SMILES string of the molecule is O=c1c2cc(-c3ccc4oc5ccc(-n6c7ccccc7c7ccccc76)cc5c(=O)c4c3)ccc2oc2ccc(-n3c4ccccc4c4ccccc43)cc12. The number of hydrogen-bond donors (Lipinski definition) is 0. The molecule has 0 radical (unpaired) electrons. The van der Waals surface area contributed by atoms with Gasteiger partial charge in [-0.15, -0.1) is 0 Å². The molecule has 0 spiro atoms. The van der Waals surface area contributed by atoms with Crippen LogP contribution in [0.2, 0.25) is 0 Å². The Bertz CT molecular complexity index is 3410. The van der Waals surface area contributed by atoms with Crippen LogP contribution in [0.25, 0.3) is 110 Å². The average molecular weight is 721 g/mol. The molecule has 56 heavy (non-hydrogen) atoms. The van der Waals surface area contributed by atoms with E-state index in [1.807, 2.05) is 121 Å². The third-order valence-corrected chi connectivity index (χ3v) is 11.3. The van der Waals surface area contributed by atoms with E-state index in [4.69, 9.17) is 8.83 Å². The maximum atomic E-state index is 14.3. The van der Waals surface area contributed by atoms with Gasteiger partial charge in [0, 0.05) is 32.9 Å². The molecule has 0 saturated carbocycles. The summed E-state index contributed by atoms with van der Waals surface area (Å²) in [4.78, 5) is 28.6. The second-order valence-corrected chi connectivity index (χ2v) is 14.4. The largest absolute Gasteiger partial charge is 0.456 e. The summed E-state index contributed by atoms with van der Waals surface area (Å²) < 4.78 is 17.0. The average Bonchev–Trinajstić information content (AvgIpc) is 3.77.